The molecule has 7 nitrogen and oxygen atoms in total. The Hall–Kier alpha value is -2.76. The number of ether oxygens (including phenoxy) is 1. The first kappa shape index (κ1) is 21.9. The van der Waals surface area contributed by atoms with Crippen LogP contribution in [-0.2, 0) is 4.79 Å². The Labute approximate surface area is 178 Å². The van der Waals surface area contributed by atoms with E-state index in [1.807, 2.05) is 51.3 Å². The van der Waals surface area contributed by atoms with Gasteiger partial charge in [-0.1, -0.05) is 19.9 Å². The maximum atomic E-state index is 12.0. The van der Waals surface area contributed by atoms with Crippen LogP contribution in [0.1, 0.15) is 38.8 Å². The van der Waals surface area contributed by atoms with Gasteiger partial charge in [0.2, 0.25) is 0 Å². The van der Waals surface area contributed by atoms with Crippen molar-refractivity contribution in [2.75, 3.05) is 12.4 Å². The number of aliphatic hydroxyl groups is 1. The zero-order valence-electron chi connectivity index (χ0n) is 17.5. The van der Waals surface area contributed by atoms with E-state index in [9.17, 15) is 15.2 Å². The van der Waals surface area contributed by atoms with E-state index in [2.05, 4.69) is 21.4 Å². The minimum Gasteiger partial charge on any atom is -0.489 e. The molecule has 0 saturated heterocycles. The fourth-order valence-electron chi connectivity index (χ4n) is 3.06. The number of carbonyl (C=O) groups excluding carboxylic acids is 1. The summed E-state index contributed by atoms with van der Waals surface area (Å²) in [6.45, 7) is 7.81. The number of aliphatic imine (C=N–C) groups is 1. The molecule has 2 aromatic rings. The summed E-state index contributed by atoms with van der Waals surface area (Å²) in [5.41, 5.74) is 2.02. The molecule has 1 aliphatic rings. The molecule has 2 heterocycles. The van der Waals surface area contributed by atoms with Gasteiger partial charge in [0, 0.05) is 11.6 Å². The van der Waals surface area contributed by atoms with Crippen LogP contribution in [-0.4, -0.2) is 51.0 Å². The SMILES string of the molecule is CC(C)Oc1c(C#N)cnc2ccc(/C=S3/CC(=O)N=C3N[C@@H](CO)C(C)C)cc12. The Morgan fingerprint density at radius 1 is 1.37 bits per heavy atom. The minimum absolute atomic E-state index is 0.0312. The molecule has 0 aliphatic carbocycles. The van der Waals surface area contributed by atoms with Crippen molar-refractivity contribution in [3.8, 4) is 11.8 Å². The molecule has 1 unspecified atom stereocenters. The Morgan fingerprint density at radius 2 is 2.13 bits per heavy atom. The van der Waals surface area contributed by atoms with Crippen LogP contribution >= 0.6 is 10.5 Å². The molecule has 2 atom stereocenters. The van der Waals surface area contributed by atoms with Crippen molar-refractivity contribution in [2.45, 2.75) is 39.8 Å². The number of nitrogens with one attached hydrogen (secondary N) is 1. The van der Waals surface area contributed by atoms with Crippen LogP contribution in [0.4, 0.5) is 0 Å². The molecule has 0 saturated carbocycles. The first-order valence-corrected chi connectivity index (χ1v) is 11.3. The zero-order chi connectivity index (χ0) is 21.8. The third-order valence-electron chi connectivity index (χ3n) is 4.66. The van der Waals surface area contributed by atoms with E-state index < -0.39 is 10.5 Å². The Balaban J connectivity index is 2.02. The third kappa shape index (κ3) is 4.86. The van der Waals surface area contributed by atoms with Gasteiger partial charge < -0.3 is 15.2 Å². The number of amidine groups is 1. The fraction of sp³-hybridized carbons (Fsp3) is 0.409. The molecule has 30 heavy (non-hydrogen) atoms. The Kier molecular flexibility index (Phi) is 6.85. The highest BCUT2D eigenvalue weighted by molar-refractivity contribution is 8.28. The van der Waals surface area contributed by atoms with E-state index in [1.165, 1.54) is 6.20 Å². The predicted octanol–water partition coefficient (Wildman–Crippen LogP) is 2.82. The summed E-state index contributed by atoms with van der Waals surface area (Å²) < 4.78 is 5.91. The molecule has 1 amide bonds. The average Bonchev–Trinajstić information content (AvgIpc) is 3.04. The van der Waals surface area contributed by atoms with Crippen molar-refractivity contribution in [2.24, 2.45) is 10.9 Å². The van der Waals surface area contributed by atoms with Crippen molar-refractivity contribution in [3.63, 3.8) is 0 Å². The lowest BCUT2D eigenvalue weighted by atomic mass is 10.1. The van der Waals surface area contributed by atoms with Crippen LogP contribution in [0.3, 0.4) is 0 Å². The number of hydrogen-bond acceptors (Lipinski definition) is 6. The number of pyridine rings is 1. The summed E-state index contributed by atoms with van der Waals surface area (Å²) in [5, 5.41) is 25.7. The second-order valence-corrected chi connectivity index (χ2v) is 9.50. The van der Waals surface area contributed by atoms with Crippen molar-refractivity contribution < 1.29 is 14.6 Å². The largest absolute Gasteiger partial charge is 0.489 e. The Morgan fingerprint density at radius 3 is 2.77 bits per heavy atom. The van der Waals surface area contributed by atoms with E-state index in [4.69, 9.17) is 4.74 Å². The maximum Gasteiger partial charge on any atom is 0.258 e. The number of carbonyl (C=O) groups is 1. The fourth-order valence-corrected chi connectivity index (χ4v) is 4.72. The molecule has 158 valence electrons. The van der Waals surface area contributed by atoms with E-state index in [0.29, 0.717) is 22.2 Å². The van der Waals surface area contributed by atoms with Gasteiger partial charge in [-0.15, -0.1) is 10.5 Å². The second-order valence-electron chi connectivity index (χ2n) is 7.74. The van der Waals surface area contributed by atoms with Crippen molar-refractivity contribution in [3.05, 3.63) is 35.5 Å². The smallest absolute Gasteiger partial charge is 0.258 e. The van der Waals surface area contributed by atoms with Gasteiger partial charge >= 0.3 is 0 Å². The number of nitrogens with zero attached hydrogens (tertiary/aromatic N) is 3. The zero-order valence-corrected chi connectivity index (χ0v) is 18.4. The molecule has 2 N–H and O–H groups in total. The lowest BCUT2D eigenvalue weighted by Gasteiger charge is -2.21. The summed E-state index contributed by atoms with van der Waals surface area (Å²) in [6.07, 6.45) is 1.44. The molecule has 8 heteroatoms. The molecular formula is C22H26N4O3S. The first-order chi connectivity index (χ1) is 14.3. The highest BCUT2D eigenvalue weighted by Crippen LogP contribution is 2.30. The molecule has 1 aliphatic heterocycles. The van der Waals surface area contributed by atoms with Gasteiger partial charge in [-0.05, 0) is 42.8 Å². The van der Waals surface area contributed by atoms with E-state index in [0.717, 1.165) is 16.5 Å². The van der Waals surface area contributed by atoms with Crippen LogP contribution in [0, 0.1) is 17.2 Å². The van der Waals surface area contributed by atoms with E-state index in [1.54, 1.807) is 0 Å². The number of rotatable bonds is 6. The summed E-state index contributed by atoms with van der Waals surface area (Å²) >= 11 is 0. The topological polar surface area (TPSA) is 108 Å². The van der Waals surface area contributed by atoms with Crippen molar-refractivity contribution >= 4 is 37.8 Å². The molecule has 3 rings (SSSR count). The van der Waals surface area contributed by atoms with Crippen LogP contribution in [0.5, 0.6) is 5.75 Å². The van der Waals surface area contributed by atoms with Crippen LogP contribution < -0.4 is 10.1 Å². The van der Waals surface area contributed by atoms with Crippen LogP contribution in [0.25, 0.3) is 10.9 Å². The molecule has 1 aromatic carbocycles. The summed E-state index contributed by atoms with van der Waals surface area (Å²) in [6, 6.07) is 7.72. The molecule has 0 radical (unpaired) electrons. The number of fused-ring (bicyclic) bond motifs is 1. The number of amides is 1. The molecule has 0 spiro atoms. The van der Waals surface area contributed by atoms with Crippen LogP contribution in [0.15, 0.2) is 29.4 Å². The monoisotopic (exact) mass is 426 g/mol. The van der Waals surface area contributed by atoms with Crippen LogP contribution in [0.2, 0.25) is 0 Å². The third-order valence-corrected chi connectivity index (χ3v) is 6.48. The predicted molar refractivity (Wildman–Crippen MR) is 121 cm³/mol. The van der Waals surface area contributed by atoms with Gasteiger partial charge in [-0.3, -0.25) is 9.78 Å². The highest BCUT2D eigenvalue weighted by atomic mass is 32.2. The van der Waals surface area contributed by atoms with Gasteiger partial charge in [0.25, 0.3) is 5.91 Å². The van der Waals surface area contributed by atoms with Gasteiger partial charge in [-0.25, -0.2) is 0 Å². The van der Waals surface area contributed by atoms with Gasteiger partial charge in [-0.2, -0.15) is 10.3 Å². The Bertz CT molecular complexity index is 1070. The standard InChI is InChI=1S/C22H26N4O3S/c1-13(2)19(10-27)25-22-26-20(28)12-30(22)11-15-5-6-18-17(7-15)21(29-14(3)4)16(8-23)9-24-18/h5-7,9,11,13-14,19,27H,10,12H2,1-4H3,(H,25,26,28)/t19-,30?/m0/s1. The molecule has 0 fully saturated rings. The van der Waals surface area contributed by atoms with Gasteiger partial charge in [0.05, 0.1) is 30.0 Å². The molecular weight excluding hydrogens is 400 g/mol. The quantitative estimate of drug-likeness (QED) is 0.688. The lowest BCUT2D eigenvalue weighted by molar-refractivity contribution is -0.115. The summed E-state index contributed by atoms with van der Waals surface area (Å²) in [5.74, 6) is 0.856. The first-order valence-electron chi connectivity index (χ1n) is 9.85. The van der Waals surface area contributed by atoms with E-state index >= 15 is 0 Å². The van der Waals surface area contributed by atoms with E-state index in [-0.39, 0.29) is 30.6 Å². The highest BCUT2D eigenvalue weighted by Gasteiger charge is 2.23. The van der Waals surface area contributed by atoms with Gasteiger partial charge in [0.15, 0.2) is 5.17 Å². The molecule has 1 aromatic heterocycles. The lowest BCUT2D eigenvalue weighted by Crippen LogP contribution is -2.40. The molecule has 0 bridgehead atoms. The number of benzene rings is 1. The van der Waals surface area contributed by atoms with Gasteiger partial charge in [0.1, 0.15) is 17.4 Å². The van der Waals surface area contributed by atoms with Crippen molar-refractivity contribution in [1.29, 1.82) is 5.26 Å². The number of aromatic nitrogens is 1. The number of aliphatic hydroxyl groups excluding tert-OH is 1. The summed E-state index contributed by atoms with van der Waals surface area (Å²) in [4.78, 5) is 20.5. The van der Waals surface area contributed by atoms with Crippen molar-refractivity contribution in [1.82, 2.24) is 10.3 Å². The summed E-state index contributed by atoms with van der Waals surface area (Å²) in [7, 11) is -0.525. The minimum atomic E-state index is -0.525. The number of hydrogen-bond donors (Lipinski definition) is 2. The average molecular weight is 427 g/mol. The maximum absolute atomic E-state index is 12.0. The normalized spacial score (nSPS) is 17.5. The number of nitriles is 1. The second kappa shape index (κ2) is 9.37.